The summed E-state index contributed by atoms with van der Waals surface area (Å²) in [5.74, 6) is 0. The Morgan fingerprint density at radius 2 is 1.21 bits per heavy atom. The van der Waals surface area contributed by atoms with Crippen LogP contribution < -0.4 is 0 Å². The maximum Gasteiger partial charge on any atom is 0.0711 e. The van der Waals surface area contributed by atoms with Gasteiger partial charge in [0.05, 0.1) is 11.0 Å². The molecule has 0 saturated carbocycles. The van der Waals surface area contributed by atoms with Crippen LogP contribution in [0, 0.1) is 0 Å². The van der Waals surface area contributed by atoms with Gasteiger partial charge in [-0.3, -0.25) is 0 Å². The van der Waals surface area contributed by atoms with Crippen molar-refractivity contribution in [2.45, 2.75) is 0 Å². The molecule has 1 aromatic carbocycles. The van der Waals surface area contributed by atoms with E-state index in [9.17, 15) is 0 Å². The molecule has 70 valence electrons. The van der Waals surface area contributed by atoms with Gasteiger partial charge in [0.1, 0.15) is 0 Å². The maximum atomic E-state index is 3.50. The number of rotatable bonds is 0. The lowest BCUT2D eigenvalue weighted by molar-refractivity contribution is 1.43. The molecule has 0 spiro atoms. The fraction of sp³-hybridized carbons (Fsp3) is 0. The molecule has 0 aliphatic rings. The molecule has 14 heavy (non-hydrogen) atoms. The van der Waals surface area contributed by atoms with Crippen LogP contribution in [0.5, 0.6) is 0 Å². The summed E-state index contributed by atoms with van der Waals surface area (Å²) in [6.07, 6.45) is 3.91. The molecule has 0 unspecified atom stereocenters. The second-order valence-electron chi connectivity index (χ2n) is 3.18. The number of fused-ring (bicyclic) bond motifs is 3. The van der Waals surface area contributed by atoms with Crippen LogP contribution in [-0.4, -0.2) is 9.97 Å². The molecule has 2 nitrogen and oxygen atoms in total. The number of halogens is 2. The van der Waals surface area contributed by atoms with Crippen molar-refractivity contribution in [2.24, 2.45) is 0 Å². The highest BCUT2D eigenvalue weighted by molar-refractivity contribution is 9.11. The van der Waals surface area contributed by atoms with Crippen molar-refractivity contribution in [3.05, 3.63) is 33.5 Å². The monoisotopic (exact) mass is 312 g/mol. The second-order valence-corrected chi connectivity index (χ2v) is 4.89. The van der Waals surface area contributed by atoms with E-state index in [4.69, 9.17) is 0 Å². The Hall–Kier alpha value is -0.740. The van der Waals surface area contributed by atoms with Crippen molar-refractivity contribution in [2.75, 3.05) is 0 Å². The lowest BCUT2D eigenvalue weighted by Gasteiger charge is -1.93. The van der Waals surface area contributed by atoms with Gasteiger partial charge in [-0.15, -0.1) is 0 Å². The van der Waals surface area contributed by atoms with E-state index < -0.39 is 0 Å². The summed E-state index contributed by atoms with van der Waals surface area (Å²) in [6, 6.07) is 4.22. The van der Waals surface area contributed by atoms with E-state index in [1.165, 1.54) is 10.8 Å². The fourth-order valence-electron chi connectivity index (χ4n) is 1.73. The number of H-pyrrole nitrogens is 2. The maximum absolute atomic E-state index is 3.50. The molecular weight excluding hydrogens is 308 g/mol. The molecule has 4 heteroatoms. The highest BCUT2D eigenvalue weighted by Gasteiger charge is 2.07. The summed E-state index contributed by atoms with van der Waals surface area (Å²) < 4.78 is 2.19. The lowest BCUT2D eigenvalue weighted by atomic mass is 10.2. The minimum Gasteiger partial charge on any atom is -0.358 e. The van der Waals surface area contributed by atoms with Crippen molar-refractivity contribution in [3.8, 4) is 0 Å². The smallest absolute Gasteiger partial charge is 0.0711 e. The molecular formula is C10H6Br2N2. The zero-order valence-electron chi connectivity index (χ0n) is 7.07. The molecule has 0 bridgehead atoms. The third-order valence-electron chi connectivity index (χ3n) is 2.41. The van der Waals surface area contributed by atoms with Gasteiger partial charge in [-0.2, -0.15) is 0 Å². The number of nitrogens with one attached hydrogen (secondary N) is 2. The summed E-state index contributed by atoms with van der Waals surface area (Å²) in [5, 5.41) is 2.40. The Balaban J connectivity index is 2.62. The predicted molar refractivity (Wildman–Crippen MR) is 65.6 cm³/mol. The number of benzene rings is 1. The number of aromatic amines is 2. The van der Waals surface area contributed by atoms with E-state index in [1.54, 1.807) is 0 Å². The van der Waals surface area contributed by atoms with Crippen molar-refractivity contribution in [1.82, 2.24) is 9.97 Å². The summed E-state index contributed by atoms with van der Waals surface area (Å²) in [4.78, 5) is 6.49. The SMILES string of the molecule is Brc1c[nH]c2c1ccc1c(Br)c[nH]c12. The summed E-state index contributed by atoms with van der Waals surface area (Å²) in [7, 11) is 0. The standard InChI is InChI=1S/C10H6Br2N2/c11-7-3-13-9-5(7)1-2-6-8(12)4-14-10(6)9/h1-4,13-14H. The first kappa shape index (κ1) is 8.56. The van der Waals surface area contributed by atoms with Gasteiger partial charge in [-0.05, 0) is 31.9 Å². The van der Waals surface area contributed by atoms with Crippen molar-refractivity contribution in [1.29, 1.82) is 0 Å². The van der Waals surface area contributed by atoms with Gasteiger partial charge >= 0.3 is 0 Å². The van der Waals surface area contributed by atoms with Gasteiger partial charge in [0.15, 0.2) is 0 Å². The molecule has 2 heterocycles. The molecule has 0 radical (unpaired) electrons. The normalized spacial score (nSPS) is 11.6. The second kappa shape index (κ2) is 2.87. The Kier molecular flexibility index (Phi) is 1.76. The molecule has 0 saturated heterocycles. The van der Waals surface area contributed by atoms with Gasteiger partial charge in [0, 0.05) is 32.1 Å². The van der Waals surface area contributed by atoms with Crippen LogP contribution in [0.3, 0.4) is 0 Å². The zero-order chi connectivity index (χ0) is 9.71. The highest BCUT2D eigenvalue weighted by atomic mass is 79.9. The first-order chi connectivity index (χ1) is 6.77. The van der Waals surface area contributed by atoms with E-state index in [0.29, 0.717) is 0 Å². The van der Waals surface area contributed by atoms with E-state index in [-0.39, 0.29) is 0 Å². The first-order valence-electron chi connectivity index (χ1n) is 4.19. The summed E-state index contributed by atoms with van der Waals surface area (Å²) in [5.41, 5.74) is 2.28. The zero-order valence-corrected chi connectivity index (χ0v) is 10.2. The molecule has 2 N–H and O–H groups in total. The van der Waals surface area contributed by atoms with Gasteiger partial charge in [-0.1, -0.05) is 12.1 Å². The minimum absolute atomic E-state index is 1.10. The van der Waals surface area contributed by atoms with Gasteiger partial charge in [0.25, 0.3) is 0 Å². The van der Waals surface area contributed by atoms with Crippen LogP contribution in [-0.2, 0) is 0 Å². The molecule has 0 aliphatic carbocycles. The molecule has 0 aliphatic heterocycles. The van der Waals surface area contributed by atoms with Crippen LogP contribution in [0.4, 0.5) is 0 Å². The molecule has 3 rings (SSSR count). The Labute approximate surface area is 96.9 Å². The van der Waals surface area contributed by atoms with E-state index in [2.05, 4.69) is 54.0 Å². The highest BCUT2D eigenvalue weighted by Crippen LogP contribution is 2.32. The van der Waals surface area contributed by atoms with Crippen molar-refractivity contribution < 1.29 is 0 Å². The van der Waals surface area contributed by atoms with Gasteiger partial charge in [0.2, 0.25) is 0 Å². The molecule has 0 fully saturated rings. The number of hydrogen-bond donors (Lipinski definition) is 2. The Morgan fingerprint density at radius 3 is 1.64 bits per heavy atom. The third-order valence-corrected chi connectivity index (χ3v) is 3.72. The molecule has 2 aromatic heterocycles. The minimum atomic E-state index is 1.10. The van der Waals surface area contributed by atoms with Crippen LogP contribution in [0.2, 0.25) is 0 Å². The van der Waals surface area contributed by atoms with E-state index in [0.717, 1.165) is 20.0 Å². The third kappa shape index (κ3) is 1.01. The Bertz CT molecular complexity index is 566. The Morgan fingerprint density at radius 1 is 0.786 bits per heavy atom. The molecule has 0 amide bonds. The van der Waals surface area contributed by atoms with Crippen LogP contribution >= 0.6 is 31.9 Å². The van der Waals surface area contributed by atoms with Crippen LogP contribution in [0.15, 0.2) is 33.5 Å². The fourth-order valence-corrected chi connectivity index (χ4v) is 2.62. The van der Waals surface area contributed by atoms with Gasteiger partial charge < -0.3 is 9.97 Å². The van der Waals surface area contributed by atoms with E-state index in [1.807, 2.05) is 12.4 Å². The first-order valence-corrected chi connectivity index (χ1v) is 5.78. The summed E-state index contributed by atoms with van der Waals surface area (Å²) in [6.45, 7) is 0. The van der Waals surface area contributed by atoms with Gasteiger partial charge in [-0.25, -0.2) is 0 Å². The van der Waals surface area contributed by atoms with Crippen molar-refractivity contribution >= 4 is 53.7 Å². The van der Waals surface area contributed by atoms with E-state index >= 15 is 0 Å². The number of aromatic nitrogens is 2. The summed E-state index contributed by atoms with van der Waals surface area (Å²) >= 11 is 7.01. The van der Waals surface area contributed by atoms with Crippen molar-refractivity contribution in [3.63, 3.8) is 0 Å². The largest absolute Gasteiger partial charge is 0.358 e. The predicted octanol–water partition coefficient (Wildman–Crippen LogP) is 4.17. The van der Waals surface area contributed by atoms with Crippen LogP contribution in [0.25, 0.3) is 21.8 Å². The lowest BCUT2D eigenvalue weighted by Crippen LogP contribution is -1.72. The molecule has 0 atom stereocenters. The average Bonchev–Trinajstić information content (AvgIpc) is 2.72. The average molecular weight is 314 g/mol. The van der Waals surface area contributed by atoms with Crippen LogP contribution in [0.1, 0.15) is 0 Å². The quantitative estimate of drug-likeness (QED) is 0.624. The topological polar surface area (TPSA) is 31.6 Å². The molecule has 3 aromatic rings. The number of hydrogen-bond acceptors (Lipinski definition) is 0.